The fourth-order valence-electron chi connectivity index (χ4n) is 2.22. The van der Waals surface area contributed by atoms with Crippen molar-refractivity contribution in [1.82, 2.24) is 0 Å². The van der Waals surface area contributed by atoms with Gasteiger partial charge in [-0.1, -0.05) is 11.6 Å². The molecule has 0 bridgehead atoms. The van der Waals surface area contributed by atoms with E-state index in [1.165, 1.54) is 0 Å². The summed E-state index contributed by atoms with van der Waals surface area (Å²) in [6.07, 6.45) is 1.65. The maximum atomic E-state index is 9.88. The van der Waals surface area contributed by atoms with Crippen LogP contribution >= 0.6 is 11.6 Å². The van der Waals surface area contributed by atoms with Gasteiger partial charge in [0.05, 0.1) is 12.7 Å². The minimum atomic E-state index is -0.356. The molecular formula is C13H17ClO2. The Labute approximate surface area is 101 Å². The Morgan fingerprint density at radius 1 is 1.50 bits per heavy atom. The van der Waals surface area contributed by atoms with Gasteiger partial charge in [-0.25, -0.2) is 0 Å². The summed E-state index contributed by atoms with van der Waals surface area (Å²) in [6, 6.07) is 5.64. The molecule has 0 aromatic heterocycles. The average Bonchev–Trinajstić information content (AvgIpc) is 3.02. The first-order valence-corrected chi connectivity index (χ1v) is 6.09. The number of hydrogen-bond donors (Lipinski definition) is 1. The number of ether oxygens (including phenoxy) is 1. The van der Waals surface area contributed by atoms with Gasteiger partial charge in [-0.2, -0.15) is 0 Å². The van der Waals surface area contributed by atoms with E-state index in [0.717, 1.165) is 24.2 Å². The van der Waals surface area contributed by atoms with E-state index >= 15 is 0 Å². The van der Waals surface area contributed by atoms with Crippen LogP contribution in [0.25, 0.3) is 0 Å². The summed E-state index contributed by atoms with van der Waals surface area (Å²) in [5, 5.41) is 10.6. The molecule has 1 N–H and O–H groups in total. The van der Waals surface area contributed by atoms with Crippen molar-refractivity contribution >= 4 is 11.6 Å². The minimum Gasteiger partial charge on any atom is -0.494 e. The lowest BCUT2D eigenvalue weighted by Crippen LogP contribution is -2.23. The third-order valence-corrected chi connectivity index (χ3v) is 3.60. The van der Waals surface area contributed by atoms with Crippen LogP contribution in [0.5, 0.6) is 5.75 Å². The van der Waals surface area contributed by atoms with Gasteiger partial charge in [0.1, 0.15) is 5.75 Å². The first-order chi connectivity index (χ1) is 7.60. The lowest BCUT2D eigenvalue weighted by atomic mass is 9.90. The minimum absolute atomic E-state index is 0.130. The highest BCUT2D eigenvalue weighted by Gasteiger charge is 2.50. The molecular weight excluding hydrogens is 224 g/mol. The van der Waals surface area contributed by atoms with E-state index in [0.29, 0.717) is 11.6 Å². The molecule has 0 heterocycles. The van der Waals surface area contributed by atoms with Gasteiger partial charge in [0.2, 0.25) is 0 Å². The van der Waals surface area contributed by atoms with Gasteiger partial charge >= 0.3 is 0 Å². The number of benzene rings is 1. The third-order valence-electron chi connectivity index (χ3n) is 3.37. The predicted octanol–water partition coefficient (Wildman–Crippen LogP) is 3.15. The van der Waals surface area contributed by atoms with E-state index in [2.05, 4.69) is 0 Å². The molecule has 1 atom stereocenters. The molecule has 1 unspecified atom stereocenters. The molecule has 1 aliphatic carbocycles. The van der Waals surface area contributed by atoms with Gasteiger partial charge in [-0.05, 0) is 44.9 Å². The first-order valence-electron chi connectivity index (χ1n) is 5.71. The van der Waals surface area contributed by atoms with Crippen LogP contribution in [-0.4, -0.2) is 17.8 Å². The lowest BCUT2D eigenvalue weighted by molar-refractivity contribution is 0.148. The van der Waals surface area contributed by atoms with Gasteiger partial charge < -0.3 is 9.84 Å². The number of aliphatic hydroxyl groups is 1. The Hall–Kier alpha value is -0.730. The van der Waals surface area contributed by atoms with E-state index in [-0.39, 0.29) is 11.5 Å². The van der Waals surface area contributed by atoms with Gasteiger partial charge in [0, 0.05) is 16.0 Å². The highest BCUT2D eigenvalue weighted by Crippen LogP contribution is 2.54. The first kappa shape index (κ1) is 11.7. The van der Waals surface area contributed by atoms with E-state index in [1.807, 2.05) is 32.0 Å². The van der Waals surface area contributed by atoms with Gasteiger partial charge in [-0.15, -0.1) is 0 Å². The van der Waals surface area contributed by atoms with Crippen LogP contribution in [0, 0.1) is 0 Å². The fourth-order valence-corrected chi connectivity index (χ4v) is 2.39. The van der Waals surface area contributed by atoms with Crippen molar-refractivity contribution in [2.24, 2.45) is 0 Å². The van der Waals surface area contributed by atoms with Crippen molar-refractivity contribution in [2.75, 3.05) is 6.61 Å². The molecule has 88 valence electrons. The number of rotatable bonds is 4. The third kappa shape index (κ3) is 1.92. The number of hydrogen-bond acceptors (Lipinski definition) is 2. The van der Waals surface area contributed by atoms with E-state index in [9.17, 15) is 5.11 Å². The molecule has 0 saturated heterocycles. The van der Waals surface area contributed by atoms with Crippen molar-refractivity contribution < 1.29 is 9.84 Å². The largest absolute Gasteiger partial charge is 0.494 e. The molecule has 1 saturated carbocycles. The quantitative estimate of drug-likeness (QED) is 0.876. The van der Waals surface area contributed by atoms with Crippen LogP contribution in [0.4, 0.5) is 0 Å². The summed E-state index contributed by atoms with van der Waals surface area (Å²) in [4.78, 5) is 0. The van der Waals surface area contributed by atoms with Crippen LogP contribution in [-0.2, 0) is 5.41 Å². The Morgan fingerprint density at radius 2 is 2.19 bits per heavy atom. The molecule has 0 spiro atoms. The SMILES string of the molecule is CCOc1ccc(Cl)cc1C1(C(C)O)CC1. The molecule has 1 aliphatic rings. The second-order valence-corrected chi connectivity index (χ2v) is 4.84. The Balaban J connectivity index is 2.42. The van der Waals surface area contributed by atoms with Crippen molar-refractivity contribution in [1.29, 1.82) is 0 Å². The molecule has 2 nitrogen and oxygen atoms in total. The molecule has 1 fully saturated rings. The molecule has 0 radical (unpaired) electrons. The highest BCUT2D eigenvalue weighted by molar-refractivity contribution is 6.30. The summed E-state index contributed by atoms with van der Waals surface area (Å²) >= 11 is 6.02. The Kier molecular flexibility index (Phi) is 3.13. The van der Waals surface area contributed by atoms with Crippen LogP contribution in [0.15, 0.2) is 18.2 Å². The van der Waals surface area contributed by atoms with Crippen LogP contribution < -0.4 is 4.74 Å². The zero-order valence-electron chi connectivity index (χ0n) is 9.66. The van der Waals surface area contributed by atoms with Gasteiger partial charge in [-0.3, -0.25) is 0 Å². The van der Waals surface area contributed by atoms with Crippen LogP contribution in [0.3, 0.4) is 0 Å². The summed E-state index contributed by atoms with van der Waals surface area (Å²) in [6.45, 7) is 4.43. The van der Waals surface area contributed by atoms with Crippen molar-refractivity contribution in [3.05, 3.63) is 28.8 Å². The smallest absolute Gasteiger partial charge is 0.123 e. The van der Waals surface area contributed by atoms with E-state index in [4.69, 9.17) is 16.3 Å². The maximum Gasteiger partial charge on any atom is 0.123 e. The zero-order valence-corrected chi connectivity index (χ0v) is 10.4. The second-order valence-electron chi connectivity index (χ2n) is 4.41. The molecule has 1 aromatic carbocycles. The van der Waals surface area contributed by atoms with Crippen molar-refractivity contribution in [3.63, 3.8) is 0 Å². The second kappa shape index (κ2) is 4.27. The van der Waals surface area contributed by atoms with Gasteiger partial charge in [0.25, 0.3) is 0 Å². The Bertz CT molecular complexity index is 384. The van der Waals surface area contributed by atoms with Crippen LogP contribution in [0.2, 0.25) is 5.02 Å². The summed E-state index contributed by atoms with van der Waals surface area (Å²) in [5.41, 5.74) is 0.923. The van der Waals surface area contributed by atoms with Crippen LogP contribution in [0.1, 0.15) is 32.3 Å². The maximum absolute atomic E-state index is 9.88. The summed E-state index contributed by atoms with van der Waals surface area (Å²) < 4.78 is 5.60. The standard InChI is InChI=1S/C13H17ClO2/c1-3-16-12-5-4-10(14)8-11(12)13(6-7-13)9(2)15/h4-5,8-9,15H,3,6-7H2,1-2H3. The fraction of sp³-hybridized carbons (Fsp3) is 0.538. The topological polar surface area (TPSA) is 29.5 Å². The van der Waals surface area contributed by atoms with E-state index < -0.39 is 0 Å². The normalized spacial score (nSPS) is 19.2. The highest BCUT2D eigenvalue weighted by atomic mass is 35.5. The molecule has 16 heavy (non-hydrogen) atoms. The molecule has 2 rings (SSSR count). The van der Waals surface area contributed by atoms with Gasteiger partial charge in [0.15, 0.2) is 0 Å². The molecule has 1 aromatic rings. The monoisotopic (exact) mass is 240 g/mol. The van der Waals surface area contributed by atoms with E-state index in [1.54, 1.807) is 0 Å². The molecule has 3 heteroatoms. The van der Waals surface area contributed by atoms with Crippen molar-refractivity contribution in [2.45, 2.75) is 38.2 Å². The predicted molar refractivity (Wildman–Crippen MR) is 65.2 cm³/mol. The molecule has 0 amide bonds. The average molecular weight is 241 g/mol. The number of halogens is 1. The zero-order chi connectivity index (χ0) is 11.8. The molecule has 0 aliphatic heterocycles. The lowest BCUT2D eigenvalue weighted by Gasteiger charge is -2.22. The summed E-state index contributed by atoms with van der Waals surface area (Å²) in [5.74, 6) is 0.852. The van der Waals surface area contributed by atoms with Crippen molar-refractivity contribution in [3.8, 4) is 5.75 Å². The summed E-state index contributed by atoms with van der Waals surface area (Å²) in [7, 11) is 0. The Morgan fingerprint density at radius 3 is 2.69 bits per heavy atom. The number of aliphatic hydroxyl groups excluding tert-OH is 1.